The molecule has 1 atom stereocenters. The lowest BCUT2D eigenvalue weighted by Crippen LogP contribution is -2.32. The van der Waals surface area contributed by atoms with E-state index in [0.29, 0.717) is 6.42 Å². The number of hydrogen-bond donors (Lipinski definition) is 1. The van der Waals surface area contributed by atoms with E-state index in [1.165, 1.54) is 25.7 Å². The molecule has 5 nitrogen and oxygen atoms in total. The normalized spacial score (nSPS) is 13.0. The first-order chi connectivity index (χ1) is 10.9. The second kappa shape index (κ2) is 13.8. The van der Waals surface area contributed by atoms with E-state index in [0.717, 1.165) is 38.5 Å². The van der Waals surface area contributed by atoms with Crippen LogP contribution in [-0.2, 0) is 19.6 Å². The Morgan fingerprint density at radius 3 is 1.87 bits per heavy atom. The number of hydrogen-bond acceptors (Lipinski definition) is 4. The Morgan fingerprint density at radius 1 is 0.870 bits per heavy atom. The number of rotatable bonds is 15. The van der Waals surface area contributed by atoms with Gasteiger partial charge in [-0.2, -0.15) is 8.42 Å². The van der Waals surface area contributed by atoms with Crippen LogP contribution in [0.2, 0.25) is 0 Å². The standard InChI is InChI=1S/C17H34O5S/c1-3-5-7-8-9-10-11-12-14-16(23(19,20)21)17(18)22-15-13-6-4-2/h16H,3-15H2,1-2H3,(H,19,20,21). The van der Waals surface area contributed by atoms with Crippen LogP contribution in [0, 0.1) is 0 Å². The summed E-state index contributed by atoms with van der Waals surface area (Å²) in [5, 5.41) is -1.43. The fourth-order valence-corrected chi connectivity index (χ4v) is 3.25. The molecule has 0 aromatic rings. The highest BCUT2D eigenvalue weighted by Crippen LogP contribution is 2.15. The van der Waals surface area contributed by atoms with E-state index < -0.39 is 21.3 Å². The second-order valence-corrected chi connectivity index (χ2v) is 7.74. The first-order valence-electron chi connectivity index (χ1n) is 9.06. The molecule has 1 N–H and O–H groups in total. The SMILES string of the molecule is CCCCCCCCCCC(C(=O)OCCCCC)S(=O)(=O)O. The smallest absolute Gasteiger partial charge is 0.326 e. The molecule has 0 bridgehead atoms. The van der Waals surface area contributed by atoms with Crippen molar-refractivity contribution in [3.05, 3.63) is 0 Å². The van der Waals surface area contributed by atoms with Crippen LogP contribution in [0.5, 0.6) is 0 Å². The number of ether oxygens (including phenoxy) is 1. The van der Waals surface area contributed by atoms with Crippen molar-refractivity contribution in [2.75, 3.05) is 6.61 Å². The van der Waals surface area contributed by atoms with Crippen LogP contribution in [0.3, 0.4) is 0 Å². The predicted molar refractivity (Wildman–Crippen MR) is 93.0 cm³/mol. The summed E-state index contributed by atoms with van der Waals surface area (Å²) >= 11 is 0. The van der Waals surface area contributed by atoms with Gasteiger partial charge in [0.25, 0.3) is 10.1 Å². The lowest BCUT2D eigenvalue weighted by Gasteiger charge is -2.13. The minimum absolute atomic E-state index is 0.139. The van der Waals surface area contributed by atoms with Gasteiger partial charge in [0.05, 0.1) is 6.61 Å². The van der Waals surface area contributed by atoms with Crippen molar-refractivity contribution in [3.8, 4) is 0 Å². The molecule has 0 amide bonds. The molecular weight excluding hydrogens is 316 g/mol. The van der Waals surface area contributed by atoms with Crippen molar-refractivity contribution in [1.29, 1.82) is 0 Å². The molecule has 23 heavy (non-hydrogen) atoms. The molecule has 0 aromatic carbocycles. The van der Waals surface area contributed by atoms with Gasteiger partial charge >= 0.3 is 5.97 Å². The molecule has 0 aliphatic rings. The van der Waals surface area contributed by atoms with E-state index in [9.17, 15) is 17.8 Å². The van der Waals surface area contributed by atoms with E-state index in [1.807, 2.05) is 6.92 Å². The average Bonchev–Trinajstić information content (AvgIpc) is 2.48. The van der Waals surface area contributed by atoms with E-state index in [1.54, 1.807) is 0 Å². The first-order valence-corrected chi connectivity index (χ1v) is 10.6. The Bertz CT molecular complexity index is 392. The van der Waals surface area contributed by atoms with Crippen LogP contribution >= 0.6 is 0 Å². The van der Waals surface area contributed by atoms with Gasteiger partial charge in [0.1, 0.15) is 0 Å². The largest absolute Gasteiger partial charge is 0.465 e. The summed E-state index contributed by atoms with van der Waals surface area (Å²) < 4.78 is 36.9. The summed E-state index contributed by atoms with van der Waals surface area (Å²) in [6.45, 7) is 4.43. The Balaban J connectivity index is 4.00. The molecule has 0 aliphatic heterocycles. The molecule has 0 fully saturated rings. The highest BCUT2D eigenvalue weighted by Gasteiger charge is 2.31. The fourth-order valence-electron chi connectivity index (χ4n) is 2.47. The van der Waals surface area contributed by atoms with Gasteiger partial charge in [0.2, 0.25) is 0 Å². The van der Waals surface area contributed by atoms with E-state index in [4.69, 9.17) is 4.74 Å². The van der Waals surface area contributed by atoms with Crippen LogP contribution in [0.4, 0.5) is 0 Å². The molecule has 0 aromatic heterocycles. The fraction of sp³-hybridized carbons (Fsp3) is 0.941. The van der Waals surface area contributed by atoms with Gasteiger partial charge < -0.3 is 4.74 Å². The highest BCUT2D eigenvalue weighted by molar-refractivity contribution is 7.87. The molecule has 6 heteroatoms. The molecule has 0 heterocycles. The number of esters is 1. The zero-order valence-electron chi connectivity index (χ0n) is 14.8. The lowest BCUT2D eigenvalue weighted by molar-refractivity contribution is -0.143. The Morgan fingerprint density at radius 2 is 1.35 bits per heavy atom. The third kappa shape index (κ3) is 12.5. The minimum Gasteiger partial charge on any atom is -0.465 e. The average molecular weight is 351 g/mol. The van der Waals surface area contributed by atoms with Gasteiger partial charge in [0.15, 0.2) is 5.25 Å². The predicted octanol–water partition coefficient (Wildman–Crippen LogP) is 4.51. The second-order valence-electron chi connectivity index (χ2n) is 6.14. The first kappa shape index (κ1) is 22.4. The maximum Gasteiger partial charge on any atom is 0.326 e. The Kier molecular flexibility index (Phi) is 13.4. The van der Waals surface area contributed by atoms with Crippen LogP contribution < -0.4 is 0 Å². The third-order valence-electron chi connectivity index (χ3n) is 3.93. The van der Waals surface area contributed by atoms with Gasteiger partial charge in [-0.3, -0.25) is 9.35 Å². The summed E-state index contributed by atoms with van der Waals surface area (Å²) in [5.74, 6) is -0.813. The monoisotopic (exact) mass is 350 g/mol. The molecule has 1 unspecified atom stereocenters. The molecule has 0 saturated carbocycles. The Labute approximate surface area is 141 Å². The summed E-state index contributed by atoms with van der Waals surface area (Å²) in [6, 6.07) is 0. The third-order valence-corrected chi connectivity index (χ3v) is 5.08. The van der Waals surface area contributed by atoms with Crippen LogP contribution in [-0.4, -0.2) is 30.8 Å². The van der Waals surface area contributed by atoms with E-state index in [2.05, 4.69) is 6.92 Å². The van der Waals surface area contributed by atoms with Crippen molar-refractivity contribution in [2.24, 2.45) is 0 Å². The van der Waals surface area contributed by atoms with E-state index in [-0.39, 0.29) is 13.0 Å². The zero-order valence-corrected chi connectivity index (χ0v) is 15.6. The molecule has 0 saturated heterocycles. The van der Waals surface area contributed by atoms with Gasteiger partial charge in [0, 0.05) is 0 Å². The molecule has 138 valence electrons. The van der Waals surface area contributed by atoms with Crippen LogP contribution in [0.15, 0.2) is 0 Å². The highest BCUT2D eigenvalue weighted by atomic mass is 32.2. The van der Waals surface area contributed by atoms with Gasteiger partial charge in [-0.1, -0.05) is 78.1 Å². The molecule has 0 rings (SSSR count). The summed E-state index contributed by atoms with van der Waals surface area (Å²) in [4.78, 5) is 11.8. The lowest BCUT2D eigenvalue weighted by atomic mass is 10.1. The van der Waals surface area contributed by atoms with Gasteiger partial charge in [-0.25, -0.2) is 0 Å². The molecular formula is C17H34O5S. The number of unbranched alkanes of at least 4 members (excludes halogenated alkanes) is 9. The van der Waals surface area contributed by atoms with Crippen molar-refractivity contribution in [1.82, 2.24) is 0 Å². The van der Waals surface area contributed by atoms with Crippen molar-refractivity contribution in [2.45, 2.75) is 96.1 Å². The molecule has 0 aliphatic carbocycles. The minimum atomic E-state index is -4.39. The summed E-state index contributed by atoms with van der Waals surface area (Å²) in [7, 11) is -4.39. The van der Waals surface area contributed by atoms with Crippen molar-refractivity contribution < 1.29 is 22.5 Å². The van der Waals surface area contributed by atoms with Crippen molar-refractivity contribution >= 4 is 16.1 Å². The summed E-state index contributed by atoms with van der Waals surface area (Å²) in [5.41, 5.74) is 0. The van der Waals surface area contributed by atoms with Crippen LogP contribution in [0.25, 0.3) is 0 Å². The van der Waals surface area contributed by atoms with Crippen molar-refractivity contribution in [3.63, 3.8) is 0 Å². The number of carbonyl (C=O) groups excluding carboxylic acids is 1. The topological polar surface area (TPSA) is 80.7 Å². The number of carbonyl (C=O) groups is 1. The molecule has 0 radical (unpaired) electrons. The maximum absolute atomic E-state index is 11.8. The maximum atomic E-state index is 11.8. The van der Waals surface area contributed by atoms with E-state index >= 15 is 0 Å². The van der Waals surface area contributed by atoms with Gasteiger partial charge in [-0.05, 0) is 12.8 Å². The van der Waals surface area contributed by atoms with Crippen LogP contribution in [0.1, 0.15) is 90.9 Å². The summed E-state index contributed by atoms with van der Waals surface area (Å²) in [6.07, 6.45) is 11.4. The van der Waals surface area contributed by atoms with Gasteiger partial charge in [-0.15, -0.1) is 0 Å². The zero-order chi connectivity index (χ0) is 17.6. The Hall–Kier alpha value is -0.620. The quantitative estimate of drug-likeness (QED) is 0.267. The molecule has 0 spiro atoms.